The number of fused-ring (bicyclic) bond motifs is 3. The fraction of sp³-hybridized carbons (Fsp3) is 0.381. The Kier molecular flexibility index (Phi) is 5.73. The Bertz CT molecular complexity index is 1080. The fourth-order valence-corrected chi connectivity index (χ4v) is 3.72. The molecule has 0 saturated carbocycles. The molecule has 0 aliphatic heterocycles. The van der Waals surface area contributed by atoms with E-state index in [0.29, 0.717) is 26.1 Å². The molecule has 0 radical (unpaired) electrons. The SMILES string of the molecule is Cn1[nH]cc2cnc3nc(C4=CC=CC(CNC(=O)CCNCCO)C4)cc3c21. The fourth-order valence-electron chi connectivity index (χ4n) is 3.72. The number of nitrogens with one attached hydrogen (secondary N) is 3. The number of hydrogen-bond acceptors (Lipinski definition) is 5. The van der Waals surface area contributed by atoms with Gasteiger partial charge in [-0.2, -0.15) is 0 Å². The summed E-state index contributed by atoms with van der Waals surface area (Å²) in [5.41, 5.74) is 3.94. The molecule has 1 aliphatic rings. The number of H-pyrrole nitrogens is 1. The second-order valence-electron chi connectivity index (χ2n) is 7.34. The molecule has 0 aromatic carbocycles. The number of aliphatic hydroxyl groups is 1. The summed E-state index contributed by atoms with van der Waals surface area (Å²) in [5.74, 6) is 0.254. The molecule has 1 aliphatic carbocycles. The smallest absolute Gasteiger partial charge is 0.221 e. The molecule has 8 heteroatoms. The summed E-state index contributed by atoms with van der Waals surface area (Å²) in [6.07, 6.45) is 11.3. The monoisotopic (exact) mass is 394 g/mol. The van der Waals surface area contributed by atoms with Crippen LogP contribution < -0.4 is 10.6 Å². The molecule has 3 heterocycles. The Balaban J connectivity index is 1.40. The van der Waals surface area contributed by atoms with Crippen LogP contribution in [0.5, 0.6) is 0 Å². The minimum absolute atomic E-state index is 0.0173. The lowest BCUT2D eigenvalue weighted by Gasteiger charge is -2.18. The Morgan fingerprint density at radius 1 is 1.41 bits per heavy atom. The molecule has 4 rings (SSSR count). The molecule has 1 unspecified atom stereocenters. The summed E-state index contributed by atoms with van der Waals surface area (Å²) in [6, 6.07) is 2.10. The third kappa shape index (κ3) is 4.23. The highest BCUT2D eigenvalue weighted by Crippen LogP contribution is 2.31. The van der Waals surface area contributed by atoms with Crippen molar-refractivity contribution >= 4 is 33.4 Å². The number of hydrogen-bond donors (Lipinski definition) is 4. The van der Waals surface area contributed by atoms with Crippen molar-refractivity contribution in [1.29, 1.82) is 0 Å². The van der Waals surface area contributed by atoms with Gasteiger partial charge >= 0.3 is 0 Å². The molecule has 0 fully saturated rings. The third-order valence-corrected chi connectivity index (χ3v) is 5.22. The Labute approximate surface area is 168 Å². The molecule has 1 atom stereocenters. The minimum atomic E-state index is 0.0173. The second kappa shape index (κ2) is 8.59. The maximum absolute atomic E-state index is 12.0. The number of aromatic nitrogens is 4. The zero-order valence-electron chi connectivity index (χ0n) is 16.5. The van der Waals surface area contributed by atoms with Crippen molar-refractivity contribution in [2.45, 2.75) is 12.8 Å². The maximum Gasteiger partial charge on any atom is 0.221 e. The second-order valence-corrected chi connectivity index (χ2v) is 7.34. The van der Waals surface area contributed by atoms with Gasteiger partial charge in [0.25, 0.3) is 0 Å². The van der Waals surface area contributed by atoms with Crippen LogP contribution >= 0.6 is 0 Å². The van der Waals surface area contributed by atoms with Gasteiger partial charge in [-0.15, -0.1) is 0 Å². The first kappa shape index (κ1) is 19.4. The average molecular weight is 394 g/mol. The molecule has 8 nitrogen and oxygen atoms in total. The van der Waals surface area contributed by atoms with E-state index < -0.39 is 0 Å². The number of carbonyl (C=O) groups is 1. The van der Waals surface area contributed by atoms with Gasteiger partial charge < -0.3 is 20.8 Å². The first-order valence-corrected chi connectivity index (χ1v) is 9.91. The van der Waals surface area contributed by atoms with Gasteiger partial charge in [-0.05, 0) is 24.0 Å². The molecule has 1 amide bonds. The van der Waals surface area contributed by atoms with E-state index in [-0.39, 0.29) is 18.4 Å². The van der Waals surface area contributed by atoms with E-state index >= 15 is 0 Å². The molecule has 0 spiro atoms. The number of aromatic amines is 1. The normalized spacial score (nSPS) is 16.5. The Morgan fingerprint density at radius 3 is 3.17 bits per heavy atom. The summed E-state index contributed by atoms with van der Waals surface area (Å²) < 4.78 is 1.98. The Hall–Kier alpha value is -2.97. The van der Waals surface area contributed by atoms with Crippen LogP contribution in [0, 0.1) is 5.92 Å². The molecular formula is C21H26N6O2. The van der Waals surface area contributed by atoms with Gasteiger partial charge in [0.15, 0.2) is 5.65 Å². The molecule has 4 N–H and O–H groups in total. The highest BCUT2D eigenvalue weighted by atomic mass is 16.3. The van der Waals surface area contributed by atoms with Gasteiger partial charge in [-0.1, -0.05) is 18.2 Å². The lowest BCUT2D eigenvalue weighted by molar-refractivity contribution is -0.121. The molecule has 29 heavy (non-hydrogen) atoms. The van der Waals surface area contributed by atoms with Crippen molar-refractivity contribution in [3.63, 3.8) is 0 Å². The van der Waals surface area contributed by atoms with Crippen LogP contribution in [0.2, 0.25) is 0 Å². The van der Waals surface area contributed by atoms with Crippen molar-refractivity contribution in [3.8, 4) is 0 Å². The van der Waals surface area contributed by atoms with E-state index in [1.165, 1.54) is 0 Å². The van der Waals surface area contributed by atoms with Crippen molar-refractivity contribution in [1.82, 2.24) is 30.4 Å². The number of amides is 1. The molecule has 3 aromatic heterocycles. The van der Waals surface area contributed by atoms with Crippen LogP contribution in [-0.2, 0) is 11.8 Å². The van der Waals surface area contributed by atoms with E-state index in [2.05, 4.69) is 38.9 Å². The van der Waals surface area contributed by atoms with Crippen LogP contribution in [0.4, 0.5) is 0 Å². The predicted octanol–water partition coefficient (Wildman–Crippen LogP) is 1.50. The number of carbonyl (C=O) groups excluding carboxylic acids is 1. The highest BCUT2D eigenvalue weighted by molar-refractivity contribution is 6.03. The quantitative estimate of drug-likeness (QED) is 0.433. The molecule has 0 saturated heterocycles. The largest absolute Gasteiger partial charge is 0.395 e. The average Bonchev–Trinajstić information content (AvgIpc) is 3.33. The van der Waals surface area contributed by atoms with E-state index in [1.807, 2.05) is 30.2 Å². The maximum atomic E-state index is 12.0. The van der Waals surface area contributed by atoms with Crippen LogP contribution in [0.15, 0.2) is 36.7 Å². The lowest BCUT2D eigenvalue weighted by atomic mass is 9.92. The first-order chi connectivity index (χ1) is 14.2. The van der Waals surface area contributed by atoms with Gasteiger partial charge in [-0.3, -0.25) is 9.48 Å². The van der Waals surface area contributed by atoms with Crippen LogP contribution in [0.3, 0.4) is 0 Å². The highest BCUT2D eigenvalue weighted by Gasteiger charge is 2.18. The summed E-state index contributed by atoms with van der Waals surface area (Å²) >= 11 is 0. The van der Waals surface area contributed by atoms with Crippen LogP contribution in [-0.4, -0.2) is 57.0 Å². The molecular weight excluding hydrogens is 368 g/mol. The molecule has 0 bridgehead atoms. The van der Waals surface area contributed by atoms with Gasteiger partial charge in [0, 0.05) is 56.3 Å². The summed E-state index contributed by atoms with van der Waals surface area (Å²) in [7, 11) is 1.98. The van der Waals surface area contributed by atoms with E-state index in [1.54, 1.807) is 0 Å². The molecule has 3 aromatic rings. The topological polar surface area (TPSA) is 108 Å². The van der Waals surface area contributed by atoms with Gasteiger partial charge in [0.05, 0.1) is 17.8 Å². The zero-order valence-corrected chi connectivity index (χ0v) is 16.5. The van der Waals surface area contributed by atoms with Crippen LogP contribution in [0.25, 0.3) is 27.5 Å². The van der Waals surface area contributed by atoms with Crippen molar-refractivity contribution in [2.24, 2.45) is 13.0 Å². The van der Waals surface area contributed by atoms with Crippen molar-refractivity contribution in [3.05, 3.63) is 42.4 Å². The number of aryl methyl sites for hydroxylation is 1. The van der Waals surface area contributed by atoms with Gasteiger partial charge in [-0.25, -0.2) is 9.97 Å². The number of pyridine rings is 1. The zero-order chi connectivity index (χ0) is 20.2. The number of nitrogens with zero attached hydrogens (tertiary/aromatic N) is 3. The molecule has 152 valence electrons. The first-order valence-electron chi connectivity index (χ1n) is 9.91. The standard InChI is InChI=1S/C21H26N6O2/c1-27-20-16(13-25-27)12-24-21-17(20)10-18(26-21)15-4-2-3-14(9-15)11-23-19(29)5-6-22-7-8-28/h2-4,10,12-14,22,25,28H,5-9,11H2,1H3,(H,23,29). The lowest BCUT2D eigenvalue weighted by Crippen LogP contribution is -2.32. The van der Waals surface area contributed by atoms with Crippen molar-refractivity contribution in [2.75, 3.05) is 26.2 Å². The minimum Gasteiger partial charge on any atom is -0.395 e. The van der Waals surface area contributed by atoms with Gasteiger partial charge in [0.1, 0.15) is 0 Å². The summed E-state index contributed by atoms with van der Waals surface area (Å²) in [6.45, 7) is 1.76. The third-order valence-electron chi connectivity index (χ3n) is 5.22. The van der Waals surface area contributed by atoms with E-state index in [9.17, 15) is 4.79 Å². The van der Waals surface area contributed by atoms with Crippen LogP contribution in [0.1, 0.15) is 18.5 Å². The summed E-state index contributed by atoms with van der Waals surface area (Å²) in [4.78, 5) is 21.2. The van der Waals surface area contributed by atoms with Gasteiger partial charge in [0.2, 0.25) is 5.91 Å². The van der Waals surface area contributed by atoms with Crippen molar-refractivity contribution < 1.29 is 9.90 Å². The predicted molar refractivity (Wildman–Crippen MR) is 113 cm³/mol. The Morgan fingerprint density at radius 2 is 2.31 bits per heavy atom. The number of aliphatic hydroxyl groups excluding tert-OH is 1. The summed E-state index contributed by atoms with van der Waals surface area (Å²) in [5, 5.41) is 20.0. The number of rotatable bonds is 8. The number of allylic oxidation sites excluding steroid dienone is 3. The van der Waals surface area contributed by atoms with E-state index in [0.717, 1.165) is 39.6 Å². The van der Waals surface area contributed by atoms with E-state index in [4.69, 9.17) is 10.1 Å².